The van der Waals surface area contributed by atoms with Crippen molar-refractivity contribution in [3.05, 3.63) is 24.3 Å². The predicted molar refractivity (Wildman–Crippen MR) is 68.3 cm³/mol. The van der Waals surface area contributed by atoms with Crippen LogP contribution in [0.2, 0.25) is 0 Å². The molecule has 0 radical (unpaired) electrons. The maximum absolute atomic E-state index is 11.3. The van der Waals surface area contributed by atoms with Crippen molar-refractivity contribution in [2.24, 2.45) is 5.73 Å². The first-order valence-corrected chi connectivity index (χ1v) is 6.35. The van der Waals surface area contributed by atoms with Crippen LogP contribution in [0.25, 0.3) is 0 Å². The maximum Gasteiger partial charge on any atom is 0.323 e. The summed E-state index contributed by atoms with van der Waals surface area (Å²) >= 11 is 1.52. The zero-order valence-electron chi connectivity index (χ0n) is 10.0. The Balaban J connectivity index is 2.41. The van der Waals surface area contributed by atoms with Gasteiger partial charge in [-0.2, -0.15) is 0 Å². The van der Waals surface area contributed by atoms with Crippen LogP contribution in [-0.2, 0) is 9.53 Å². The van der Waals surface area contributed by atoms with Gasteiger partial charge in [-0.25, -0.2) is 0 Å². The molecule has 0 aliphatic carbocycles. The van der Waals surface area contributed by atoms with Crippen LogP contribution < -0.4 is 10.5 Å². The molecule has 4 nitrogen and oxygen atoms in total. The second kappa shape index (κ2) is 7.19. The molecule has 5 heteroatoms. The molecule has 0 aliphatic heterocycles. The summed E-state index contributed by atoms with van der Waals surface area (Å²) in [6.45, 7) is 2.13. The van der Waals surface area contributed by atoms with Crippen molar-refractivity contribution < 1.29 is 14.3 Å². The minimum absolute atomic E-state index is 0.353. The number of benzene rings is 1. The van der Waals surface area contributed by atoms with Gasteiger partial charge < -0.3 is 15.2 Å². The van der Waals surface area contributed by atoms with Gasteiger partial charge in [0.15, 0.2) is 0 Å². The third kappa shape index (κ3) is 4.66. The van der Waals surface area contributed by atoms with E-state index < -0.39 is 6.04 Å². The van der Waals surface area contributed by atoms with Gasteiger partial charge in [-0.1, -0.05) is 0 Å². The summed E-state index contributed by atoms with van der Waals surface area (Å²) in [5.41, 5.74) is 5.69. The molecule has 94 valence electrons. The summed E-state index contributed by atoms with van der Waals surface area (Å²) in [5.74, 6) is 0.961. The molecule has 0 saturated carbocycles. The zero-order valence-corrected chi connectivity index (χ0v) is 10.8. The van der Waals surface area contributed by atoms with Crippen LogP contribution in [0, 0.1) is 0 Å². The number of nitrogens with two attached hydrogens (primary N) is 1. The van der Waals surface area contributed by atoms with Crippen molar-refractivity contribution in [1.82, 2.24) is 0 Å². The third-order valence-corrected chi connectivity index (χ3v) is 3.21. The van der Waals surface area contributed by atoms with E-state index in [0.717, 1.165) is 10.6 Å². The smallest absolute Gasteiger partial charge is 0.323 e. The molecule has 1 rings (SSSR count). The van der Waals surface area contributed by atoms with Crippen LogP contribution in [-0.4, -0.2) is 31.5 Å². The molecule has 0 heterocycles. The van der Waals surface area contributed by atoms with Crippen molar-refractivity contribution in [3.63, 3.8) is 0 Å². The molecule has 1 atom stereocenters. The normalized spacial score (nSPS) is 11.9. The number of methoxy groups -OCH3 is 1. The van der Waals surface area contributed by atoms with E-state index >= 15 is 0 Å². The Morgan fingerprint density at radius 3 is 2.59 bits per heavy atom. The van der Waals surface area contributed by atoms with Crippen molar-refractivity contribution in [3.8, 4) is 5.75 Å². The number of rotatable bonds is 6. The van der Waals surface area contributed by atoms with Gasteiger partial charge in [-0.05, 0) is 31.2 Å². The average molecular weight is 255 g/mol. The van der Waals surface area contributed by atoms with E-state index in [2.05, 4.69) is 0 Å². The van der Waals surface area contributed by atoms with Crippen LogP contribution in [0.4, 0.5) is 0 Å². The van der Waals surface area contributed by atoms with E-state index in [-0.39, 0.29) is 5.97 Å². The molecular formula is C12H17NO3S. The lowest BCUT2D eigenvalue weighted by Gasteiger charge is -2.10. The van der Waals surface area contributed by atoms with Crippen molar-refractivity contribution >= 4 is 17.7 Å². The van der Waals surface area contributed by atoms with Gasteiger partial charge in [-0.3, -0.25) is 4.79 Å². The summed E-state index contributed by atoms with van der Waals surface area (Å²) in [4.78, 5) is 12.3. The molecule has 0 fully saturated rings. The summed E-state index contributed by atoms with van der Waals surface area (Å²) in [5, 5.41) is 0. The van der Waals surface area contributed by atoms with E-state index in [1.54, 1.807) is 14.0 Å². The van der Waals surface area contributed by atoms with Gasteiger partial charge >= 0.3 is 5.97 Å². The van der Waals surface area contributed by atoms with E-state index in [0.29, 0.717) is 12.4 Å². The molecule has 17 heavy (non-hydrogen) atoms. The highest BCUT2D eigenvalue weighted by Crippen LogP contribution is 2.21. The highest BCUT2D eigenvalue weighted by Gasteiger charge is 2.14. The van der Waals surface area contributed by atoms with Gasteiger partial charge in [0.25, 0.3) is 0 Å². The maximum atomic E-state index is 11.3. The van der Waals surface area contributed by atoms with Crippen molar-refractivity contribution in [1.29, 1.82) is 0 Å². The number of hydrogen-bond acceptors (Lipinski definition) is 5. The third-order valence-electron chi connectivity index (χ3n) is 2.08. The highest BCUT2D eigenvalue weighted by atomic mass is 32.2. The zero-order chi connectivity index (χ0) is 12.7. The quantitative estimate of drug-likeness (QED) is 0.619. The standard InChI is InChI=1S/C12H17NO3S/c1-3-16-12(14)11(13)8-17-10-6-4-9(15-2)5-7-10/h4-7,11H,3,8,13H2,1-2H3. The van der Waals surface area contributed by atoms with E-state index in [1.807, 2.05) is 24.3 Å². The van der Waals surface area contributed by atoms with Gasteiger partial charge in [0.05, 0.1) is 13.7 Å². The fourth-order valence-electron chi connectivity index (χ4n) is 1.18. The first kappa shape index (κ1) is 13.9. The largest absolute Gasteiger partial charge is 0.497 e. The van der Waals surface area contributed by atoms with Gasteiger partial charge in [0.1, 0.15) is 11.8 Å². The first-order valence-electron chi connectivity index (χ1n) is 5.36. The van der Waals surface area contributed by atoms with Gasteiger partial charge in [-0.15, -0.1) is 11.8 Å². The fraction of sp³-hybridized carbons (Fsp3) is 0.417. The molecule has 1 aromatic rings. The van der Waals surface area contributed by atoms with Gasteiger partial charge in [0.2, 0.25) is 0 Å². The molecule has 0 amide bonds. The van der Waals surface area contributed by atoms with Crippen molar-refractivity contribution in [2.45, 2.75) is 17.9 Å². The second-order valence-corrected chi connectivity index (χ2v) is 4.44. The van der Waals surface area contributed by atoms with Crippen LogP contribution in [0.15, 0.2) is 29.2 Å². The highest BCUT2D eigenvalue weighted by molar-refractivity contribution is 7.99. The van der Waals surface area contributed by atoms with Crippen LogP contribution >= 0.6 is 11.8 Å². The lowest BCUT2D eigenvalue weighted by Crippen LogP contribution is -2.34. The summed E-state index contributed by atoms with van der Waals surface area (Å²) in [6, 6.07) is 7.03. The average Bonchev–Trinajstić information content (AvgIpc) is 2.36. The molecule has 2 N–H and O–H groups in total. The Morgan fingerprint density at radius 1 is 1.41 bits per heavy atom. The number of carbonyl (C=O) groups is 1. The summed E-state index contributed by atoms with van der Waals surface area (Å²) in [7, 11) is 1.62. The molecule has 0 saturated heterocycles. The number of esters is 1. The lowest BCUT2D eigenvalue weighted by atomic mass is 10.3. The number of hydrogen-bond donors (Lipinski definition) is 1. The summed E-state index contributed by atoms with van der Waals surface area (Å²) < 4.78 is 9.89. The van der Waals surface area contributed by atoms with Crippen LogP contribution in [0.5, 0.6) is 5.75 Å². The SMILES string of the molecule is CCOC(=O)C(N)CSc1ccc(OC)cc1. The Morgan fingerprint density at radius 2 is 2.06 bits per heavy atom. The molecule has 0 aliphatic rings. The van der Waals surface area contributed by atoms with Crippen molar-refractivity contribution in [2.75, 3.05) is 19.5 Å². The predicted octanol–water partition coefficient (Wildman–Crippen LogP) is 1.68. The minimum atomic E-state index is -0.581. The molecule has 0 aromatic heterocycles. The fourth-order valence-corrected chi connectivity index (χ4v) is 2.01. The van der Waals surface area contributed by atoms with Crippen LogP contribution in [0.1, 0.15) is 6.92 Å². The van der Waals surface area contributed by atoms with Gasteiger partial charge in [0, 0.05) is 10.6 Å². The molecule has 1 aromatic carbocycles. The monoisotopic (exact) mass is 255 g/mol. The number of carbonyl (C=O) groups excluding carboxylic acids is 1. The van der Waals surface area contributed by atoms with Crippen LogP contribution in [0.3, 0.4) is 0 Å². The lowest BCUT2D eigenvalue weighted by molar-refractivity contribution is -0.144. The van der Waals surface area contributed by atoms with E-state index in [1.165, 1.54) is 11.8 Å². The topological polar surface area (TPSA) is 61.5 Å². The first-order chi connectivity index (χ1) is 8.17. The second-order valence-electron chi connectivity index (χ2n) is 3.35. The Bertz CT molecular complexity index is 353. The number of thioether (sulfide) groups is 1. The molecular weight excluding hydrogens is 238 g/mol. The van der Waals surface area contributed by atoms with E-state index in [9.17, 15) is 4.79 Å². The minimum Gasteiger partial charge on any atom is -0.497 e. The molecule has 1 unspecified atom stereocenters. The Labute approximate surface area is 105 Å². The Kier molecular flexibility index (Phi) is 5.86. The Hall–Kier alpha value is -1.20. The van der Waals surface area contributed by atoms with E-state index in [4.69, 9.17) is 15.2 Å². The molecule has 0 bridgehead atoms. The number of ether oxygens (including phenoxy) is 2. The summed E-state index contributed by atoms with van der Waals surface area (Å²) in [6.07, 6.45) is 0. The molecule has 0 spiro atoms.